The topological polar surface area (TPSA) is 60.0 Å². The SMILES string of the molecule is CC(NC(=NCC(=O)N(C)C)NC1CCCN(Cc2ccccc2)C1)c1ccccc1.I. The van der Waals surface area contributed by atoms with E-state index in [-0.39, 0.29) is 42.5 Å². The second kappa shape index (κ2) is 13.4. The number of hydrogen-bond donors (Lipinski definition) is 2. The van der Waals surface area contributed by atoms with Crippen molar-refractivity contribution in [1.29, 1.82) is 0 Å². The van der Waals surface area contributed by atoms with Crippen LogP contribution in [0.25, 0.3) is 0 Å². The maximum absolute atomic E-state index is 12.1. The molecule has 0 spiro atoms. The minimum absolute atomic E-state index is 0. The van der Waals surface area contributed by atoms with Gasteiger partial charge in [-0.15, -0.1) is 24.0 Å². The normalized spacial score (nSPS) is 17.7. The van der Waals surface area contributed by atoms with E-state index in [9.17, 15) is 4.79 Å². The Labute approximate surface area is 209 Å². The summed E-state index contributed by atoms with van der Waals surface area (Å²) in [5, 5.41) is 7.08. The molecule has 1 heterocycles. The largest absolute Gasteiger partial charge is 0.352 e. The first-order valence-electron chi connectivity index (χ1n) is 11.1. The summed E-state index contributed by atoms with van der Waals surface area (Å²) >= 11 is 0. The van der Waals surface area contributed by atoms with E-state index in [0.717, 1.165) is 32.5 Å². The fourth-order valence-electron chi connectivity index (χ4n) is 3.80. The Balaban J connectivity index is 0.00000363. The molecule has 1 aliphatic rings. The molecule has 6 nitrogen and oxygen atoms in total. The molecule has 0 bridgehead atoms. The number of aliphatic imine (C=N–C) groups is 1. The van der Waals surface area contributed by atoms with Crippen molar-refractivity contribution < 1.29 is 4.79 Å². The third-order valence-corrected chi connectivity index (χ3v) is 5.62. The van der Waals surface area contributed by atoms with E-state index >= 15 is 0 Å². The molecular weight excluding hydrogens is 513 g/mol. The molecule has 2 aromatic carbocycles. The van der Waals surface area contributed by atoms with Crippen LogP contribution in [0.2, 0.25) is 0 Å². The van der Waals surface area contributed by atoms with Gasteiger partial charge >= 0.3 is 0 Å². The van der Waals surface area contributed by atoms with E-state index in [1.54, 1.807) is 19.0 Å². The Morgan fingerprint density at radius 2 is 1.78 bits per heavy atom. The fraction of sp³-hybridized carbons (Fsp3) is 0.440. The van der Waals surface area contributed by atoms with Crippen LogP contribution in [-0.4, -0.2) is 61.4 Å². The van der Waals surface area contributed by atoms with Crippen molar-refractivity contribution in [2.24, 2.45) is 4.99 Å². The van der Waals surface area contributed by atoms with Gasteiger partial charge in [-0.05, 0) is 37.4 Å². The van der Waals surface area contributed by atoms with Crippen LogP contribution in [-0.2, 0) is 11.3 Å². The minimum atomic E-state index is -0.0113. The molecule has 174 valence electrons. The Morgan fingerprint density at radius 3 is 2.44 bits per heavy atom. The summed E-state index contributed by atoms with van der Waals surface area (Å²) in [5.74, 6) is 0.681. The van der Waals surface area contributed by atoms with Gasteiger partial charge in [-0.2, -0.15) is 0 Å². The van der Waals surface area contributed by atoms with E-state index in [1.807, 2.05) is 18.2 Å². The van der Waals surface area contributed by atoms with Crippen LogP contribution in [0.1, 0.15) is 36.9 Å². The summed E-state index contributed by atoms with van der Waals surface area (Å²) in [6.45, 7) is 5.26. The standard InChI is InChI=1S/C25H35N5O.HI/c1-20(22-13-8-5-9-14-22)27-25(26-17-24(31)29(2)3)28-23-15-10-16-30(19-23)18-21-11-6-4-7-12-21;/h4-9,11-14,20,23H,10,15-19H2,1-3H3,(H2,26,27,28);1H. The lowest BCUT2D eigenvalue weighted by molar-refractivity contribution is -0.127. The number of benzene rings is 2. The quantitative estimate of drug-likeness (QED) is 0.315. The first-order chi connectivity index (χ1) is 15.0. The summed E-state index contributed by atoms with van der Waals surface area (Å²) in [4.78, 5) is 20.8. The zero-order valence-electron chi connectivity index (χ0n) is 19.3. The van der Waals surface area contributed by atoms with Gasteiger partial charge in [-0.1, -0.05) is 60.7 Å². The van der Waals surface area contributed by atoms with Crippen LogP contribution in [0.4, 0.5) is 0 Å². The van der Waals surface area contributed by atoms with Crippen LogP contribution in [0.15, 0.2) is 65.7 Å². The van der Waals surface area contributed by atoms with Gasteiger partial charge in [0.15, 0.2) is 5.96 Å². The van der Waals surface area contributed by atoms with Crippen LogP contribution in [0.3, 0.4) is 0 Å². The Kier molecular flexibility index (Phi) is 11.0. The lowest BCUT2D eigenvalue weighted by atomic mass is 10.0. The molecule has 1 saturated heterocycles. The molecule has 1 aliphatic heterocycles. The van der Waals surface area contributed by atoms with Crippen LogP contribution < -0.4 is 10.6 Å². The van der Waals surface area contributed by atoms with Gasteiger partial charge in [0, 0.05) is 33.2 Å². The lowest BCUT2D eigenvalue weighted by Gasteiger charge is -2.34. The zero-order chi connectivity index (χ0) is 22.1. The van der Waals surface area contributed by atoms with Gasteiger partial charge in [-0.25, -0.2) is 4.99 Å². The summed E-state index contributed by atoms with van der Waals surface area (Å²) in [5.41, 5.74) is 2.52. The molecule has 2 atom stereocenters. The van der Waals surface area contributed by atoms with Crippen molar-refractivity contribution in [3.05, 3.63) is 71.8 Å². The van der Waals surface area contributed by atoms with Crippen molar-refractivity contribution >= 4 is 35.8 Å². The molecule has 0 aliphatic carbocycles. The van der Waals surface area contributed by atoms with Gasteiger partial charge in [0.25, 0.3) is 0 Å². The van der Waals surface area contributed by atoms with Gasteiger partial charge in [-0.3, -0.25) is 9.69 Å². The Hall–Kier alpha value is -2.13. The number of carbonyl (C=O) groups excluding carboxylic acids is 1. The number of nitrogens with zero attached hydrogens (tertiary/aromatic N) is 3. The first kappa shape index (κ1) is 26.1. The fourth-order valence-corrected chi connectivity index (χ4v) is 3.80. The molecule has 2 N–H and O–H groups in total. The molecule has 2 aromatic rings. The average Bonchev–Trinajstić information content (AvgIpc) is 2.78. The van der Waals surface area contributed by atoms with E-state index in [0.29, 0.717) is 12.0 Å². The summed E-state index contributed by atoms with van der Waals surface area (Å²) in [6, 6.07) is 21.3. The average molecular weight is 550 g/mol. The molecule has 1 amide bonds. The van der Waals surface area contributed by atoms with E-state index < -0.39 is 0 Å². The highest BCUT2D eigenvalue weighted by molar-refractivity contribution is 14.0. The highest BCUT2D eigenvalue weighted by atomic mass is 127. The van der Waals surface area contributed by atoms with Crippen molar-refractivity contribution in [2.75, 3.05) is 33.7 Å². The third-order valence-electron chi connectivity index (χ3n) is 5.62. The predicted octanol–water partition coefficient (Wildman–Crippen LogP) is 3.65. The summed E-state index contributed by atoms with van der Waals surface area (Å²) in [7, 11) is 3.52. The number of rotatable bonds is 7. The summed E-state index contributed by atoms with van der Waals surface area (Å²) in [6.07, 6.45) is 2.23. The van der Waals surface area contributed by atoms with Crippen LogP contribution in [0, 0.1) is 0 Å². The highest BCUT2D eigenvalue weighted by Crippen LogP contribution is 2.15. The maximum atomic E-state index is 12.1. The number of likely N-dealkylation sites (N-methyl/N-ethyl adjacent to an activating group) is 1. The highest BCUT2D eigenvalue weighted by Gasteiger charge is 2.21. The second-order valence-electron chi connectivity index (χ2n) is 8.43. The number of amides is 1. The molecule has 3 rings (SSSR count). The number of likely N-dealkylation sites (tertiary alicyclic amines) is 1. The minimum Gasteiger partial charge on any atom is -0.352 e. The smallest absolute Gasteiger partial charge is 0.243 e. The van der Waals surface area contributed by atoms with Crippen molar-refractivity contribution in [1.82, 2.24) is 20.4 Å². The third kappa shape index (κ3) is 8.43. The monoisotopic (exact) mass is 549 g/mol. The maximum Gasteiger partial charge on any atom is 0.243 e. The number of guanidine groups is 1. The van der Waals surface area contributed by atoms with E-state index in [4.69, 9.17) is 0 Å². The number of piperidine rings is 1. The molecule has 0 saturated carbocycles. The van der Waals surface area contributed by atoms with Gasteiger partial charge in [0.1, 0.15) is 6.54 Å². The van der Waals surface area contributed by atoms with Gasteiger partial charge in [0.05, 0.1) is 6.04 Å². The molecule has 0 radical (unpaired) electrons. The molecule has 2 unspecified atom stereocenters. The van der Waals surface area contributed by atoms with Crippen LogP contribution >= 0.6 is 24.0 Å². The van der Waals surface area contributed by atoms with E-state index in [1.165, 1.54) is 11.1 Å². The van der Waals surface area contributed by atoms with Crippen molar-refractivity contribution in [3.8, 4) is 0 Å². The molecule has 1 fully saturated rings. The second-order valence-corrected chi connectivity index (χ2v) is 8.43. The number of halogens is 1. The molecule has 7 heteroatoms. The lowest BCUT2D eigenvalue weighted by Crippen LogP contribution is -2.51. The number of hydrogen-bond acceptors (Lipinski definition) is 3. The molecular formula is C25H36IN5O. The van der Waals surface area contributed by atoms with Crippen molar-refractivity contribution in [2.45, 2.75) is 38.4 Å². The molecule has 32 heavy (non-hydrogen) atoms. The molecule has 0 aromatic heterocycles. The number of carbonyl (C=O) groups is 1. The first-order valence-corrected chi connectivity index (χ1v) is 11.1. The van der Waals surface area contributed by atoms with E-state index in [2.05, 4.69) is 69.9 Å². The Morgan fingerprint density at radius 1 is 1.12 bits per heavy atom. The predicted molar refractivity (Wildman–Crippen MR) is 142 cm³/mol. The van der Waals surface area contributed by atoms with Gasteiger partial charge < -0.3 is 15.5 Å². The Bertz CT molecular complexity index is 844. The zero-order valence-corrected chi connectivity index (χ0v) is 21.7. The van der Waals surface area contributed by atoms with Crippen molar-refractivity contribution in [3.63, 3.8) is 0 Å². The number of nitrogens with one attached hydrogen (secondary N) is 2. The van der Waals surface area contributed by atoms with Crippen LogP contribution in [0.5, 0.6) is 0 Å². The van der Waals surface area contributed by atoms with Gasteiger partial charge in [0.2, 0.25) is 5.91 Å². The summed E-state index contributed by atoms with van der Waals surface area (Å²) < 4.78 is 0.